The van der Waals surface area contributed by atoms with E-state index in [-0.39, 0.29) is 11.7 Å². The monoisotopic (exact) mass is 487 g/mol. The summed E-state index contributed by atoms with van der Waals surface area (Å²) in [5, 5.41) is 3.64. The fraction of sp³-hybridized carbons (Fsp3) is 0.0833. The number of rotatable bonds is 6. The van der Waals surface area contributed by atoms with E-state index in [0.29, 0.717) is 27.2 Å². The molecule has 0 fully saturated rings. The molecule has 0 radical (unpaired) electrons. The van der Waals surface area contributed by atoms with E-state index in [1.165, 1.54) is 6.07 Å². The Kier molecular flexibility index (Phi) is 6.76. The van der Waals surface area contributed by atoms with Gasteiger partial charge in [0.15, 0.2) is 5.16 Å². The first-order valence-corrected chi connectivity index (χ1v) is 11.2. The molecular formula is C24H17ClF3N3OS. The first kappa shape index (κ1) is 22.9. The summed E-state index contributed by atoms with van der Waals surface area (Å²) in [6.45, 7) is 0. The van der Waals surface area contributed by atoms with Crippen LogP contribution in [0.2, 0.25) is 5.02 Å². The summed E-state index contributed by atoms with van der Waals surface area (Å²) in [7, 11) is 0. The van der Waals surface area contributed by atoms with E-state index in [9.17, 15) is 18.0 Å². The maximum Gasteiger partial charge on any atom is 0.416 e. The predicted octanol–water partition coefficient (Wildman–Crippen LogP) is 6.94. The van der Waals surface area contributed by atoms with Crippen molar-refractivity contribution in [3.05, 3.63) is 95.6 Å². The van der Waals surface area contributed by atoms with E-state index in [4.69, 9.17) is 11.6 Å². The number of nitrogens with zero attached hydrogens (tertiary/aromatic N) is 2. The van der Waals surface area contributed by atoms with Crippen LogP contribution in [0.3, 0.4) is 0 Å². The highest BCUT2D eigenvalue weighted by atomic mass is 35.5. The lowest BCUT2D eigenvalue weighted by molar-refractivity contribution is -0.137. The number of amides is 1. The van der Waals surface area contributed by atoms with Gasteiger partial charge in [-0.3, -0.25) is 9.36 Å². The molecular weight excluding hydrogens is 471 g/mol. The Balaban J connectivity index is 1.65. The number of alkyl halides is 3. The third kappa shape index (κ3) is 5.58. The van der Waals surface area contributed by atoms with Crippen LogP contribution in [0.15, 0.2) is 90.2 Å². The Morgan fingerprint density at radius 2 is 1.76 bits per heavy atom. The summed E-state index contributed by atoms with van der Waals surface area (Å²) >= 11 is 7.07. The summed E-state index contributed by atoms with van der Waals surface area (Å²) in [6, 6.07) is 21.0. The highest BCUT2D eigenvalue weighted by molar-refractivity contribution is 7.99. The fourth-order valence-electron chi connectivity index (χ4n) is 3.21. The number of benzene rings is 3. The number of hydrogen-bond acceptors (Lipinski definition) is 3. The van der Waals surface area contributed by atoms with Crippen LogP contribution in [-0.4, -0.2) is 21.2 Å². The van der Waals surface area contributed by atoms with Crippen molar-refractivity contribution >= 4 is 35.0 Å². The number of hydrogen-bond donors (Lipinski definition) is 1. The van der Waals surface area contributed by atoms with Crippen molar-refractivity contribution < 1.29 is 18.0 Å². The van der Waals surface area contributed by atoms with E-state index in [2.05, 4.69) is 10.3 Å². The van der Waals surface area contributed by atoms with Crippen molar-refractivity contribution in [3.8, 4) is 16.9 Å². The molecule has 168 valence electrons. The maximum absolute atomic E-state index is 13.3. The van der Waals surface area contributed by atoms with Crippen molar-refractivity contribution in [2.24, 2.45) is 0 Å². The Hall–Kier alpha value is -3.23. The molecule has 0 saturated carbocycles. The maximum atomic E-state index is 13.3. The number of imidazole rings is 1. The number of aromatic nitrogens is 2. The van der Waals surface area contributed by atoms with Gasteiger partial charge in [-0.05, 0) is 36.4 Å². The lowest BCUT2D eigenvalue weighted by atomic mass is 10.1. The number of carbonyl (C=O) groups is 1. The minimum Gasteiger partial charge on any atom is -0.325 e. The topological polar surface area (TPSA) is 46.9 Å². The van der Waals surface area contributed by atoms with Crippen LogP contribution in [0.1, 0.15) is 5.56 Å². The van der Waals surface area contributed by atoms with Gasteiger partial charge in [0.25, 0.3) is 0 Å². The number of anilines is 1. The number of halogens is 4. The smallest absolute Gasteiger partial charge is 0.325 e. The van der Waals surface area contributed by atoms with Gasteiger partial charge in [0.05, 0.1) is 23.2 Å². The molecule has 0 saturated heterocycles. The summed E-state index contributed by atoms with van der Waals surface area (Å²) in [5.74, 6) is -0.279. The molecule has 0 bridgehead atoms. The SMILES string of the molecule is O=C(CSc1ncc(-c2ccccc2)n1-c1cccc(C(F)(F)F)c1)Nc1cccc(Cl)c1. The quantitative estimate of drug-likeness (QED) is 0.299. The molecule has 1 heterocycles. The molecule has 4 rings (SSSR count). The largest absolute Gasteiger partial charge is 0.416 e. The Morgan fingerprint density at radius 3 is 2.48 bits per heavy atom. The van der Waals surface area contributed by atoms with E-state index in [1.54, 1.807) is 41.1 Å². The third-order valence-electron chi connectivity index (χ3n) is 4.67. The van der Waals surface area contributed by atoms with E-state index in [0.717, 1.165) is 29.5 Å². The fourth-order valence-corrected chi connectivity index (χ4v) is 4.20. The lowest BCUT2D eigenvalue weighted by Crippen LogP contribution is -2.14. The van der Waals surface area contributed by atoms with Crippen LogP contribution in [0.4, 0.5) is 18.9 Å². The van der Waals surface area contributed by atoms with Gasteiger partial charge in [0.1, 0.15) is 0 Å². The van der Waals surface area contributed by atoms with Crippen LogP contribution in [0.5, 0.6) is 0 Å². The zero-order valence-corrected chi connectivity index (χ0v) is 18.6. The standard InChI is InChI=1S/C24H17ClF3N3OS/c25-18-9-5-10-19(13-18)30-22(32)15-33-23-29-14-21(16-6-2-1-3-7-16)31(23)20-11-4-8-17(12-20)24(26,27)28/h1-14H,15H2,(H,30,32). The molecule has 33 heavy (non-hydrogen) atoms. The van der Waals surface area contributed by atoms with Gasteiger partial charge >= 0.3 is 6.18 Å². The Labute approximate surface area is 197 Å². The first-order valence-electron chi connectivity index (χ1n) is 9.80. The highest BCUT2D eigenvalue weighted by Crippen LogP contribution is 2.34. The van der Waals surface area contributed by atoms with Crippen LogP contribution >= 0.6 is 23.4 Å². The van der Waals surface area contributed by atoms with Gasteiger partial charge in [-0.25, -0.2) is 4.98 Å². The summed E-state index contributed by atoms with van der Waals surface area (Å²) in [5.41, 5.74) is 1.51. The van der Waals surface area contributed by atoms with Crippen LogP contribution < -0.4 is 5.32 Å². The molecule has 1 aromatic heterocycles. The van der Waals surface area contributed by atoms with Gasteiger partial charge in [0, 0.05) is 22.0 Å². The zero-order chi connectivity index (χ0) is 23.4. The second-order valence-electron chi connectivity index (χ2n) is 7.02. The van der Waals surface area contributed by atoms with E-state index < -0.39 is 11.7 Å². The van der Waals surface area contributed by atoms with Gasteiger partial charge in [-0.1, -0.05) is 65.8 Å². The molecule has 0 aliphatic heterocycles. The highest BCUT2D eigenvalue weighted by Gasteiger charge is 2.31. The zero-order valence-electron chi connectivity index (χ0n) is 17.0. The molecule has 0 atom stereocenters. The molecule has 0 spiro atoms. The second kappa shape index (κ2) is 9.72. The Morgan fingerprint density at radius 1 is 1.00 bits per heavy atom. The summed E-state index contributed by atoms with van der Waals surface area (Å²) in [4.78, 5) is 16.8. The minimum absolute atomic E-state index is 0.0106. The van der Waals surface area contributed by atoms with Gasteiger partial charge in [-0.2, -0.15) is 13.2 Å². The molecule has 0 aliphatic rings. The van der Waals surface area contributed by atoms with Crippen LogP contribution in [0, 0.1) is 0 Å². The average molecular weight is 488 g/mol. The minimum atomic E-state index is -4.48. The van der Waals surface area contributed by atoms with Gasteiger partial charge < -0.3 is 5.32 Å². The van der Waals surface area contributed by atoms with Gasteiger partial charge in [0.2, 0.25) is 5.91 Å². The molecule has 1 N–H and O–H groups in total. The molecule has 4 aromatic rings. The predicted molar refractivity (Wildman–Crippen MR) is 125 cm³/mol. The molecule has 0 unspecified atom stereocenters. The van der Waals surface area contributed by atoms with Crippen molar-refractivity contribution in [2.75, 3.05) is 11.1 Å². The Bertz CT molecular complexity index is 1280. The number of thioether (sulfide) groups is 1. The number of carbonyl (C=O) groups excluding carboxylic acids is 1. The van der Waals surface area contributed by atoms with Crippen molar-refractivity contribution in [1.29, 1.82) is 0 Å². The molecule has 9 heteroatoms. The van der Waals surface area contributed by atoms with Gasteiger partial charge in [-0.15, -0.1) is 0 Å². The van der Waals surface area contributed by atoms with Crippen molar-refractivity contribution in [3.63, 3.8) is 0 Å². The van der Waals surface area contributed by atoms with Crippen LogP contribution in [0.25, 0.3) is 16.9 Å². The first-order chi connectivity index (χ1) is 15.8. The average Bonchev–Trinajstić information content (AvgIpc) is 3.22. The van der Waals surface area contributed by atoms with Crippen molar-refractivity contribution in [2.45, 2.75) is 11.3 Å². The summed E-state index contributed by atoms with van der Waals surface area (Å²) < 4.78 is 41.6. The second-order valence-corrected chi connectivity index (χ2v) is 8.40. The normalized spacial score (nSPS) is 11.4. The van der Waals surface area contributed by atoms with E-state index in [1.807, 2.05) is 30.3 Å². The molecule has 3 aromatic carbocycles. The lowest BCUT2D eigenvalue weighted by Gasteiger charge is -2.14. The molecule has 1 amide bonds. The van der Waals surface area contributed by atoms with E-state index >= 15 is 0 Å². The van der Waals surface area contributed by atoms with Crippen molar-refractivity contribution in [1.82, 2.24) is 9.55 Å². The third-order valence-corrected chi connectivity index (χ3v) is 5.86. The molecule has 0 aliphatic carbocycles. The summed E-state index contributed by atoms with van der Waals surface area (Å²) in [6.07, 6.45) is -2.89. The molecule has 4 nitrogen and oxygen atoms in total. The number of nitrogens with one attached hydrogen (secondary N) is 1. The van der Waals surface area contributed by atoms with Crippen LogP contribution in [-0.2, 0) is 11.0 Å².